The summed E-state index contributed by atoms with van der Waals surface area (Å²) in [6.07, 6.45) is 1.17. The molecule has 16 heavy (non-hydrogen) atoms. The lowest BCUT2D eigenvalue weighted by molar-refractivity contribution is 0.400. The van der Waals surface area contributed by atoms with Crippen molar-refractivity contribution in [3.8, 4) is 11.9 Å². The monoisotopic (exact) mass is 241 g/mol. The fraction of sp³-hybridized carbons (Fsp3) is 0.600. The molecular weight excluding hydrogens is 226 g/mol. The minimum atomic E-state index is -0.924. The second-order valence-electron chi connectivity index (χ2n) is 3.41. The van der Waals surface area contributed by atoms with E-state index in [4.69, 9.17) is 5.26 Å². The van der Waals surface area contributed by atoms with Crippen molar-refractivity contribution in [1.29, 1.82) is 5.26 Å². The first-order valence-corrected chi connectivity index (χ1v) is 6.63. The number of nitrogens with zero attached hydrogens (tertiary/aromatic N) is 3. The van der Waals surface area contributed by atoms with Crippen molar-refractivity contribution in [3.63, 3.8) is 0 Å². The molecule has 0 saturated carbocycles. The van der Waals surface area contributed by atoms with Gasteiger partial charge >= 0.3 is 0 Å². The van der Waals surface area contributed by atoms with E-state index >= 15 is 0 Å². The summed E-state index contributed by atoms with van der Waals surface area (Å²) in [7, 11) is 0. The van der Waals surface area contributed by atoms with Crippen molar-refractivity contribution in [3.05, 3.63) is 11.8 Å². The summed E-state index contributed by atoms with van der Waals surface area (Å²) in [4.78, 5) is 0. The molecule has 0 spiro atoms. The second-order valence-corrected chi connectivity index (χ2v) is 4.99. The van der Waals surface area contributed by atoms with Crippen molar-refractivity contribution >= 4 is 11.2 Å². The number of hydrogen-bond acceptors (Lipinski definition) is 4. The Balaban J connectivity index is 2.58. The fourth-order valence-corrected chi connectivity index (χ4v) is 2.39. The highest BCUT2D eigenvalue weighted by Crippen LogP contribution is 2.14. The number of rotatable bonds is 6. The van der Waals surface area contributed by atoms with Gasteiger partial charge in [-0.3, -0.25) is 0 Å². The van der Waals surface area contributed by atoms with Crippen LogP contribution >= 0.6 is 0 Å². The summed E-state index contributed by atoms with van der Waals surface area (Å²) in [6.45, 7) is 2.34. The van der Waals surface area contributed by atoms with Crippen LogP contribution in [0.2, 0.25) is 0 Å². The Kier molecular flexibility index (Phi) is 5.15. The molecule has 0 amide bonds. The minimum absolute atomic E-state index is 0.0266. The summed E-state index contributed by atoms with van der Waals surface area (Å²) in [5, 5.41) is 22.0. The van der Waals surface area contributed by atoms with Gasteiger partial charge in [0.1, 0.15) is 17.2 Å². The number of nitriles is 1. The standard InChI is InChI=1S/C10H15N3O2S/c1-2-6-16(15)8-9-7-10(14)13(12-9)5-3-4-11/h7,14H,2-3,5-6,8H2,1H3. The molecule has 0 aromatic carbocycles. The van der Waals surface area contributed by atoms with Crippen molar-refractivity contribution in [2.75, 3.05) is 5.75 Å². The van der Waals surface area contributed by atoms with E-state index in [2.05, 4.69) is 5.10 Å². The maximum absolute atomic E-state index is 11.5. The molecule has 1 N–H and O–H groups in total. The van der Waals surface area contributed by atoms with Crippen LogP contribution in [0.4, 0.5) is 0 Å². The lowest BCUT2D eigenvalue weighted by Gasteiger charge is -2.07. The van der Waals surface area contributed by atoms with E-state index in [0.29, 0.717) is 30.2 Å². The minimum Gasteiger partial charge on any atom is -0.616 e. The van der Waals surface area contributed by atoms with Crippen molar-refractivity contribution < 1.29 is 9.66 Å². The highest BCUT2D eigenvalue weighted by molar-refractivity contribution is 7.90. The molecular formula is C10H15N3O2S. The Morgan fingerprint density at radius 3 is 3.06 bits per heavy atom. The van der Waals surface area contributed by atoms with Crippen molar-refractivity contribution in [2.24, 2.45) is 0 Å². The number of aromatic nitrogens is 2. The first-order chi connectivity index (χ1) is 7.67. The van der Waals surface area contributed by atoms with Gasteiger partial charge in [-0.25, -0.2) is 4.68 Å². The second kappa shape index (κ2) is 6.40. The van der Waals surface area contributed by atoms with Gasteiger partial charge in [-0.15, -0.1) is 0 Å². The third-order valence-corrected chi connectivity index (χ3v) is 3.47. The van der Waals surface area contributed by atoms with Gasteiger partial charge in [-0.05, 0) is 17.6 Å². The summed E-state index contributed by atoms with van der Waals surface area (Å²) >= 11 is -0.924. The van der Waals surface area contributed by atoms with Gasteiger partial charge in [-0.1, -0.05) is 6.92 Å². The molecule has 0 aliphatic carbocycles. The molecule has 6 heteroatoms. The molecule has 1 atom stereocenters. The average Bonchev–Trinajstić information content (AvgIpc) is 2.56. The van der Waals surface area contributed by atoms with Crippen LogP contribution in [-0.4, -0.2) is 25.2 Å². The molecule has 0 aliphatic heterocycles. The first-order valence-electron chi connectivity index (χ1n) is 5.15. The molecule has 1 heterocycles. The lowest BCUT2D eigenvalue weighted by Crippen LogP contribution is -2.09. The zero-order valence-corrected chi connectivity index (χ0v) is 10.0. The smallest absolute Gasteiger partial charge is 0.209 e. The van der Waals surface area contributed by atoms with E-state index in [1.165, 1.54) is 10.7 Å². The molecule has 1 aromatic heterocycles. The normalized spacial score (nSPS) is 12.3. The number of hydrogen-bond donors (Lipinski definition) is 1. The van der Waals surface area contributed by atoms with Gasteiger partial charge in [0.2, 0.25) is 5.88 Å². The van der Waals surface area contributed by atoms with Crippen LogP contribution < -0.4 is 0 Å². The van der Waals surface area contributed by atoms with E-state index in [-0.39, 0.29) is 5.88 Å². The topological polar surface area (TPSA) is 84.9 Å². The lowest BCUT2D eigenvalue weighted by atomic mass is 10.4. The molecule has 88 valence electrons. The Bertz CT molecular complexity index is 373. The Morgan fingerprint density at radius 2 is 2.44 bits per heavy atom. The molecule has 5 nitrogen and oxygen atoms in total. The first kappa shape index (κ1) is 12.9. The fourth-order valence-electron chi connectivity index (χ4n) is 1.31. The Morgan fingerprint density at radius 1 is 1.69 bits per heavy atom. The van der Waals surface area contributed by atoms with E-state index in [1.54, 1.807) is 0 Å². The van der Waals surface area contributed by atoms with E-state index < -0.39 is 11.2 Å². The highest BCUT2D eigenvalue weighted by Gasteiger charge is 2.12. The van der Waals surface area contributed by atoms with Crippen LogP contribution in [0.3, 0.4) is 0 Å². The van der Waals surface area contributed by atoms with Crippen molar-refractivity contribution in [2.45, 2.75) is 32.1 Å². The van der Waals surface area contributed by atoms with E-state index in [1.807, 2.05) is 13.0 Å². The molecule has 0 aliphatic rings. The van der Waals surface area contributed by atoms with Gasteiger partial charge in [-0.2, -0.15) is 10.4 Å². The number of aromatic hydroxyl groups is 1. The van der Waals surface area contributed by atoms with Gasteiger partial charge in [0, 0.05) is 6.07 Å². The van der Waals surface area contributed by atoms with E-state index in [9.17, 15) is 9.66 Å². The number of aryl methyl sites for hydroxylation is 1. The molecule has 1 aromatic rings. The summed E-state index contributed by atoms with van der Waals surface area (Å²) in [5.74, 6) is 1.03. The molecule has 0 radical (unpaired) electrons. The zero-order chi connectivity index (χ0) is 12.0. The zero-order valence-electron chi connectivity index (χ0n) is 9.22. The highest BCUT2D eigenvalue weighted by atomic mass is 32.2. The van der Waals surface area contributed by atoms with Crippen LogP contribution in [0.1, 0.15) is 25.5 Å². The Hall–Kier alpha value is -1.19. The summed E-state index contributed by atoms with van der Waals surface area (Å²) in [6, 6.07) is 3.49. The summed E-state index contributed by atoms with van der Waals surface area (Å²) < 4.78 is 12.8. The van der Waals surface area contributed by atoms with Gasteiger partial charge < -0.3 is 9.66 Å². The predicted molar refractivity (Wildman–Crippen MR) is 61.1 cm³/mol. The average molecular weight is 241 g/mol. The molecule has 1 unspecified atom stereocenters. The van der Waals surface area contributed by atoms with Crippen LogP contribution in [0, 0.1) is 11.3 Å². The van der Waals surface area contributed by atoms with Crippen LogP contribution in [0.5, 0.6) is 5.88 Å². The third-order valence-electron chi connectivity index (χ3n) is 1.99. The molecule has 0 bridgehead atoms. The maximum Gasteiger partial charge on any atom is 0.209 e. The van der Waals surface area contributed by atoms with Gasteiger partial charge in [0.15, 0.2) is 0 Å². The summed E-state index contributed by atoms with van der Waals surface area (Å²) in [5.41, 5.74) is 0.613. The Labute approximate surface area is 97.9 Å². The quantitative estimate of drug-likeness (QED) is 0.757. The van der Waals surface area contributed by atoms with Crippen LogP contribution in [0.25, 0.3) is 0 Å². The largest absolute Gasteiger partial charge is 0.616 e. The molecule has 0 saturated heterocycles. The molecule has 0 fully saturated rings. The van der Waals surface area contributed by atoms with Crippen LogP contribution in [0.15, 0.2) is 6.07 Å². The maximum atomic E-state index is 11.5. The molecule has 1 rings (SSSR count). The van der Waals surface area contributed by atoms with Gasteiger partial charge in [0.25, 0.3) is 0 Å². The van der Waals surface area contributed by atoms with Gasteiger partial charge in [0.05, 0.1) is 19.0 Å². The van der Waals surface area contributed by atoms with Crippen molar-refractivity contribution in [1.82, 2.24) is 9.78 Å². The SMILES string of the molecule is CCC[S+]([O-])Cc1cc(O)n(CCC#N)n1. The van der Waals surface area contributed by atoms with Crippen LogP contribution in [-0.2, 0) is 23.5 Å². The van der Waals surface area contributed by atoms with E-state index in [0.717, 1.165) is 6.42 Å². The predicted octanol–water partition coefficient (Wildman–Crippen LogP) is 1.16. The third kappa shape index (κ3) is 3.76.